The lowest BCUT2D eigenvalue weighted by molar-refractivity contribution is 0.466. The Hall–Kier alpha value is -1.55. The highest BCUT2D eigenvalue weighted by molar-refractivity contribution is 6.32. The molecular weight excluding hydrogens is 231 g/mol. The average molecular weight is 241 g/mol. The van der Waals surface area contributed by atoms with Gasteiger partial charge in [-0.2, -0.15) is 5.10 Å². The van der Waals surface area contributed by atoms with Crippen LogP contribution in [0.15, 0.2) is 18.2 Å². The quantitative estimate of drug-likeness (QED) is 0.832. The summed E-state index contributed by atoms with van der Waals surface area (Å²) < 4.78 is 14.9. The largest absolute Gasteiger partial charge is 0.504 e. The minimum Gasteiger partial charge on any atom is -0.504 e. The number of para-hydroxylation sites is 1. The molecule has 0 amide bonds. The van der Waals surface area contributed by atoms with Crippen LogP contribution < -0.4 is 0 Å². The lowest BCUT2D eigenvalue weighted by Gasteiger charge is -2.07. The summed E-state index contributed by atoms with van der Waals surface area (Å²) in [5.41, 5.74) is 1.06. The molecule has 0 aliphatic carbocycles. The van der Waals surface area contributed by atoms with Gasteiger partial charge < -0.3 is 5.11 Å². The number of aromatic hydroxyl groups is 1. The molecule has 2 aromatic rings. The molecule has 0 saturated carbocycles. The van der Waals surface area contributed by atoms with Crippen molar-refractivity contribution in [2.75, 3.05) is 0 Å². The third kappa shape index (κ3) is 1.55. The van der Waals surface area contributed by atoms with E-state index in [2.05, 4.69) is 5.10 Å². The van der Waals surface area contributed by atoms with Gasteiger partial charge >= 0.3 is 0 Å². The minimum absolute atomic E-state index is 0.0549. The zero-order valence-electron chi connectivity index (χ0n) is 8.83. The number of halogens is 2. The van der Waals surface area contributed by atoms with Crippen molar-refractivity contribution < 1.29 is 9.50 Å². The van der Waals surface area contributed by atoms with Crippen molar-refractivity contribution in [2.45, 2.75) is 13.8 Å². The van der Waals surface area contributed by atoms with Crippen LogP contribution in [0.1, 0.15) is 11.4 Å². The molecule has 5 heteroatoms. The van der Waals surface area contributed by atoms with Crippen LogP contribution >= 0.6 is 11.6 Å². The van der Waals surface area contributed by atoms with E-state index in [4.69, 9.17) is 11.6 Å². The molecule has 0 fully saturated rings. The van der Waals surface area contributed by atoms with Crippen LogP contribution in [0.4, 0.5) is 4.39 Å². The number of aryl methyl sites for hydroxylation is 1. The summed E-state index contributed by atoms with van der Waals surface area (Å²) in [4.78, 5) is 0. The molecule has 0 aliphatic rings. The second kappa shape index (κ2) is 3.79. The van der Waals surface area contributed by atoms with Gasteiger partial charge in [0.25, 0.3) is 0 Å². The van der Waals surface area contributed by atoms with E-state index in [1.54, 1.807) is 19.9 Å². The first-order valence-corrected chi connectivity index (χ1v) is 5.09. The molecule has 0 bridgehead atoms. The smallest absolute Gasteiger partial charge is 0.159 e. The van der Waals surface area contributed by atoms with E-state index in [9.17, 15) is 9.50 Å². The van der Waals surface area contributed by atoms with Crippen molar-refractivity contribution in [3.63, 3.8) is 0 Å². The molecule has 1 aromatic heterocycles. The number of hydrogen-bond acceptors (Lipinski definition) is 2. The van der Waals surface area contributed by atoms with Crippen LogP contribution in [-0.4, -0.2) is 14.9 Å². The molecule has 0 spiro atoms. The maximum absolute atomic E-state index is 13.6. The predicted octanol–water partition coefficient (Wildman–Crippen LogP) is 2.99. The molecule has 0 aliphatic heterocycles. The van der Waals surface area contributed by atoms with Crippen molar-refractivity contribution in [2.24, 2.45) is 0 Å². The van der Waals surface area contributed by atoms with Crippen LogP contribution in [0, 0.1) is 19.7 Å². The molecule has 1 N–H and O–H groups in total. The zero-order chi connectivity index (χ0) is 11.9. The number of benzene rings is 1. The molecule has 0 saturated heterocycles. The van der Waals surface area contributed by atoms with Gasteiger partial charge in [0.2, 0.25) is 0 Å². The van der Waals surface area contributed by atoms with Crippen molar-refractivity contribution in [3.05, 3.63) is 40.4 Å². The lowest BCUT2D eigenvalue weighted by Crippen LogP contribution is -2.02. The molecule has 16 heavy (non-hydrogen) atoms. The standard InChI is InChI=1S/C11H10ClFN2O/c1-6-11(16)7(2)15(14-6)10-8(12)4-3-5-9(10)13/h3-5,16H,1-2H3. The summed E-state index contributed by atoms with van der Waals surface area (Å²) in [6.45, 7) is 3.30. The first-order valence-electron chi connectivity index (χ1n) is 4.72. The predicted molar refractivity (Wildman–Crippen MR) is 59.7 cm³/mol. The number of rotatable bonds is 1. The molecule has 2 rings (SSSR count). The van der Waals surface area contributed by atoms with E-state index in [1.807, 2.05) is 0 Å². The van der Waals surface area contributed by atoms with E-state index < -0.39 is 5.82 Å². The highest BCUT2D eigenvalue weighted by Crippen LogP contribution is 2.28. The summed E-state index contributed by atoms with van der Waals surface area (Å²) >= 11 is 5.92. The van der Waals surface area contributed by atoms with E-state index in [-0.39, 0.29) is 16.5 Å². The van der Waals surface area contributed by atoms with Gasteiger partial charge in [0.15, 0.2) is 5.75 Å². The van der Waals surface area contributed by atoms with E-state index in [0.717, 1.165) is 0 Å². The van der Waals surface area contributed by atoms with Gasteiger partial charge in [-0.3, -0.25) is 0 Å². The van der Waals surface area contributed by atoms with Crippen LogP contribution in [0.5, 0.6) is 5.75 Å². The van der Waals surface area contributed by atoms with Crippen LogP contribution in [0.2, 0.25) is 5.02 Å². The third-order valence-corrected chi connectivity index (χ3v) is 2.71. The molecular formula is C11H10ClFN2O. The number of hydrogen-bond donors (Lipinski definition) is 1. The number of nitrogens with zero attached hydrogens (tertiary/aromatic N) is 2. The van der Waals surface area contributed by atoms with Gasteiger partial charge in [0.05, 0.1) is 10.7 Å². The average Bonchev–Trinajstić information content (AvgIpc) is 2.47. The van der Waals surface area contributed by atoms with Crippen LogP contribution in [0.3, 0.4) is 0 Å². The molecule has 0 radical (unpaired) electrons. The Bertz CT molecular complexity index is 531. The van der Waals surface area contributed by atoms with E-state index >= 15 is 0 Å². The minimum atomic E-state index is -0.474. The van der Waals surface area contributed by atoms with Gasteiger partial charge in [-0.05, 0) is 26.0 Å². The maximum Gasteiger partial charge on any atom is 0.159 e. The Morgan fingerprint density at radius 1 is 1.38 bits per heavy atom. The highest BCUT2D eigenvalue weighted by Gasteiger charge is 2.16. The second-order valence-corrected chi connectivity index (χ2v) is 3.91. The van der Waals surface area contributed by atoms with E-state index in [1.165, 1.54) is 16.8 Å². The van der Waals surface area contributed by atoms with Crippen LogP contribution in [0.25, 0.3) is 5.69 Å². The van der Waals surface area contributed by atoms with Crippen LogP contribution in [-0.2, 0) is 0 Å². The van der Waals surface area contributed by atoms with Crippen molar-refractivity contribution in [1.82, 2.24) is 9.78 Å². The maximum atomic E-state index is 13.6. The normalized spacial score (nSPS) is 10.8. The van der Waals surface area contributed by atoms with Crippen molar-refractivity contribution in [3.8, 4) is 11.4 Å². The summed E-state index contributed by atoms with van der Waals surface area (Å²) in [5.74, 6) is -0.419. The summed E-state index contributed by atoms with van der Waals surface area (Å²) in [7, 11) is 0. The van der Waals surface area contributed by atoms with Crippen molar-refractivity contribution >= 4 is 11.6 Å². The SMILES string of the molecule is Cc1nn(-c2c(F)cccc2Cl)c(C)c1O. The Balaban J connectivity index is 2.72. The number of aromatic nitrogens is 2. The fraction of sp³-hybridized carbons (Fsp3) is 0.182. The zero-order valence-corrected chi connectivity index (χ0v) is 9.59. The fourth-order valence-corrected chi connectivity index (χ4v) is 1.79. The van der Waals surface area contributed by atoms with Gasteiger partial charge in [-0.1, -0.05) is 17.7 Å². The topological polar surface area (TPSA) is 38.0 Å². The Labute approximate surface area is 97.1 Å². The highest BCUT2D eigenvalue weighted by atomic mass is 35.5. The van der Waals surface area contributed by atoms with Gasteiger partial charge in [0.1, 0.15) is 17.2 Å². The third-order valence-electron chi connectivity index (χ3n) is 2.40. The molecule has 84 valence electrons. The fourth-order valence-electron chi connectivity index (χ4n) is 1.54. The molecule has 0 unspecified atom stereocenters. The Morgan fingerprint density at radius 3 is 2.56 bits per heavy atom. The molecule has 3 nitrogen and oxygen atoms in total. The lowest BCUT2D eigenvalue weighted by atomic mass is 10.3. The first-order chi connectivity index (χ1) is 7.52. The van der Waals surface area contributed by atoms with Gasteiger partial charge in [0, 0.05) is 0 Å². The summed E-state index contributed by atoms with van der Waals surface area (Å²) in [6, 6.07) is 4.40. The molecule has 0 atom stereocenters. The summed E-state index contributed by atoms with van der Waals surface area (Å²) in [5, 5.41) is 13.9. The molecule has 1 aromatic carbocycles. The first kappa shape index (κ1) is 11.0. The van der Waals surface area contributed by atoms with Gasteiger partial charge in [-0.15, -0.1) is 0 Å². The summed E-state index contributed by atoms with van der Waals surface area (Å²) in [6.07, 6.45) is 0. The van der Waals surface area contributed by atoms with Crippen molar-refractivity contribution in [1.29, 1.82) is 0 Å². The second-order valence-electron chi connectivity index (χ2n) is 3.50. The monoisotopic (exact) mass is 240 g/mol. The van der Waals surface area contributed by atoms with E-state index in [0.29, 0.717) is 11.4 Å². The van der Waals surface area contributed by atoms with Gasteiger partial charge in [-0.25, -0.2) is 9.07 Å². The Morgan fingerprint density at radius 2 is 2.06 bits per heavy atom. The Kier molecular flexibility index (Phi) is 2.59. The molecule has 1 heterocycles.